The van der Waals surface area contributed by atoms with Crippen LogP contribution in [0.1, 0.15) is 33.6 Å². The minimum Gasteiger partial charge on any atom is -0.395 e. The van der Waals surface area contributed by atoms with E-state index in [0.717, 1.165) is 46.0 Å². The molecule has 2 heterocycles. The molecule has 7 heteroatoms. The number of H-pyrrole nitrogens is 1. The van der Waals surface area contributed by atoms with Gasteiger partial charge in [-0.25, -0.2) is 0 Å². The van der Waals surface area contributed by atoms with Gasteiger partial charge in [-0.2, -0.15) is 0 Å². The number of fused-ring (bicyclic) bond motifs is 2. The SMILES string of the molecule is O=C(NC1CC1)c1ccc(-n2ccc3cc(N(CCO)C(=O)c4ccc5[nH]ccc5c4)ccc32)cc1. The van der Waals surface area contributed by atoms with E-state index in [2.05, 4.69) is 14.9 Å². The topological polar surface area (TPSA) is 90.4 Å². The summed E-state index contributed by atoms with van der Waals surface area (Å²) in [7, 11) is 0. The predicted molar refractivity (Wildman–Crippen MR) is 141 cm³/mol. The van der Waals surface area contributed by atoms with Gasteiger partial charge < -0.3 is 24.9 Å². The molecule has 6 rings (SSSR count). The van der Waals surface area contributed by atoms with E-state index in [9.17, 15) is 14.7 Å². The molecule has 36 heavy (non-hydrogen) atoms. The lowest BCUT2D eigenvalue weighted by atomic mass is 10.1. The highest BCUT2D eigenvalue weighted by Gasteiger charge is 2.24. The minimum atomic E-state index is -0.161. The van der Waals surface area contributed by atoms with Gasteiger partial charge in [0.1, 0.15) is 0 Å². The van der Waals surface area contributed by atoms with Gasteiger partial charge in [-0.15, -0.1) is 0 Å². The van der Waals surface area contributed by atoms with E-state index in [0.29, 0.717) is 17.2 Å². The maximum absolute atomic E-state index is 13.4. The van der Waals surface area contributed by atoms with E-state index >= 15 is 0 Å². The number of aliphatic hydroxyl groups excluding tert-OH is 1. The molecule has 0 bridgehead atoms. The average Bonchev–Trinajstić information content (AvgIpc) is 3.42. The Bertz CT molecular complexity index is 1580. The molecule has 180 valence electrons. The Morgan fingerprint density at radius 3 is 2.53 bits per heavy atom. The number of benzene rings is 3. The number of carbonyl (C=O) groups excluding carboxylic acids is 2. The van der Waals surface area contributed by atoms with Crippen LogP contribution in [0.2, 0.25) is 0 Å². The summed E-state index contributed by atoms with van der Waals surface area (Å²) in [6, 6.07) is 23.2. The summed E-state index contributed by atoms with van der Waals surface area (Å²) in [6.45, 7) is 0.0540. The van der Waals surface area contributed by atoms with Crippen LogP contribution in [0.5, 0.6) is 0 Å². The molecule has 3 N–H and O–H groups in total. The minimum absolute atomic E-state index is 0.0321. The van der Waals surface area contributed by atoms with E-state index in [-0.39, 0.29) is 25.0 Å². The third-order valence-electron chi connectivity index (χ3n) is 6.67. The average molecular weight is 479 g/mol. The zero-order valence-electron chi connectivity index (χ0n) is 19.6. The summed E-state index contributed by atoms with van der Waals surface area (Å²) in [5.74, 6) is -0.193. The molecule has 0 aliphatic heterocycles. The van der Waals surface area contributed by atoms with Gasteiger partial charge in [-0.05, 0) is 85.6 Å². The molecule has 3 aromatic carbocycles. The van der Waals surface area contributed by atoms with E-state index in [1.807, 2.05) is 79.1 Å². The molecule has 0 spiro atoms. The largest absolute Gasteiger partial charge is 0.395 e. The number of anilines is 1. The Balaban J connectivity index is 1.28. The third kappa shape index (κ3) is 4.14. The Labute approximate surface area is 208 Å². The van der Waals surface area contributed by atoms with Crippen molar-refractivity contribution >= 4 is 39.3 Å². The van der Waals surface area contributed by atoms with Crippen LogP contribution in [0.15, 0.2) is 85.2 Å². The van der Waals surface area contributed by atoms with Crippen molar-refractivity contribution in [2.24, 2.45) is 0 Å². The first-order valence-corrected chi connectivity index (χ1v) is 12.1. The van der Waals surface area contributed by atoms with Crippen LogP contribution in [-0.4, -0.2) is 45.7 Å². The molecular weight excluding hydrogens is 452 g/mol. The van der Waals surface area contributed by atoms with Crippen molar-refractivity contribution in [2.75, 3.05) is 18.1 Å². The van der Waals surface area contributed by atoms with Crippen LogP contribution < -0.4 is 10.2 Å². The predicted octanol–water partition coefficient (Wildman–Crippen LogP) is 4.64. The summed E-state index contributed by atoms with van der Waals surface area (Å²) >= 11 is 0. The van der Waals surface area contributed by atoms with E-state index in [4.69, 9.17) is 0 Å². The molecule has 0 saturated heterocycles. The molecule has 2 aromatic heterocycles. The molecule has 1 fully saturated rings. The Morgan fingerprint density at radius 1 is 0.944 bits per heavy atom. The smallest absolute Gasteiger partial charge is 0.258 e. The third-order valence-corrected chi connectivity index (χ3v) is 6.67. The standard InChI is InChI=1S/C29H26N4O3/c34-16-15-33(29(36)22-3-9-26-20(17-22)11-13-30-26)25-8-10-27-21(18-25)12-14-32(27)24-6-1-19(2-7-24)28(35)31-23-4-5-23/h1-3,6-14,17-18,23,30,34H,4-5,15-16H2,(H,31,35). The lowest BCUT2D eigenvalue weighted by Crippen LogP contribution is -2.33. The first-order valence-electron chi connectivity index (χ1n) is 12.1. The van der Waals surface area contributed by atoms with Crippen LogP contribution in [-0.2, 0) is 0 Å². The quantitative estimate of drug-likeness (QED) is 0.318. The van der Waals surface area contributed by atoms with Crippen molar-refractivity contribution in [3.8, 4) is 5.69 Å². The molecule has 0 radical (unpaired) electrons. The lowest BCUT2D eigenvalue weighted by Gasteiger charge is -2.22. The second kappa shape index (κ2) is 9.02. The van der Waals surface area contributed by atoms with Crippen LogP contribution >= 0.6 is 0 Å². The number of hydrogen-bond donors (Lipinski definition) is 3. The molecular formula is C29H26N4O3. The number of hydrogen-bond acceptors (Lipinski definition) is 3. The van der Waals surface area contributed by atoms with Crippen LogP contribution in [0.25, 0.3) is 27.5 Å². The first-order chi connectivity index (χ1) is 17.6. The zero-order valence-corrected chi connectivity index (χ0v) is 19.6. The highest BCUT2D eigenvalue weighted by Crippen LogP contribution is 2.27. The van der Waals surface area contributed by atoms with Crippen molar-refractivity contribution in [1.29, 1.82) is 0 Å². The molecule has 2 amide bonds. The van der Waals surface area contributed by atoms with Crippen LogP contribution in [0, 0.1) is 0 Å². The molecule has 5 aromatic rings. The number of carbonyl (C=O) groups is 2. The Hall–Kier alpha value is -4.36. The lowest BCUT2D eigenvalue weighted by molar-refractivity contribution is 0.0949. The number of amides is 2. The summed E-state index contributed by atoms with van der Waals surface area (Å²) < 4.78 is 2.06. The summed E-state index contributed by atoms with van der Waals surface area (Å²) in [4.78, 5) is 30.4. The Kier molecular flexibility index (Phi) is 5.54. The van der Waals surface area contributed by atoms with Crippen LogP contribution in [0.4, 0.5) is 5.69 Å². The molecule has 1 aliphatic carbocycles. The van der Waals surface area contributed by atoms with Gasteiger partial charge in [0, 0.05) is 63.8 Å². The molecule has 1 aliphatic rings. The van der Waals surface area contributed by atoms with Gasteiger partial charge in [0.25, 0.3) is 11.8 Å². The van der Waals surface area contributed by atoms with E-state index < -0.39 is 0 Å². The second-order valence-corrected chi connectivity index (χ2v) is 9.18. The second-order valence-electron chi connectivity index (χ2n) is 9.18. The molecule has 0 atom stereocenters. The van der Waals surface area contributed by atoms with Crippen LogP contribution in [0.3, 0.4) is 0 Å². The van der Waals surface area contributed by atoms with Gasteiger partial charge in [0.05, 0.1) is 12.1 Å². The fraction of sp³-hybridized carbons (Fsp3) is 0.172. The van der Waals surface area contributed by atoms with Crippen molar-refractivity contribution < 1.29 is 14.7 Å². The number of aromatic nitrogens is 2. The molecule has 1 saturated carbocycles. The summed E-state index contributed by atoms with van der Waals surface area (Å²) in [6.07, 6.45) is 5.94. The fourth-order valence-electron chi connectivity index (χ4n) is 4.58. The van der Waals surface area contributed by atoms with Gasteiger partial charge in [-0.1, -0.05) is 0 Å². The fourth-order valence-corrected chi connectivity index (χ4v) is 4.58. The Morgan fingerprint density at radius 2 is 1.75 bits per heavy atom. The normalized spacial score (nSPS) is 13.2. The highest BCUT2D eigenvalue weighted by atomic mass is 16.3. The first kappa shape index (κ1) is 22.1. The summed E-state index contributed by atoms with van der Waals surface area (Å²) in [5, 5.41) is 14.6. The van der Waals surface area contributed by atoms with Gasteiger partial charge in [0.15, 0.2) is 0 Å². The van der Waals surface area contributed by atoms with Crippen molar-refractivity contribution in [1.82, 2.24) is 14.9 Å². The molecule has 0 unspecified atom stereocenters. The van der Waals surface area contributed by atoms with E-state index in [1.165, 1.54) is 0 Å². The molecule has 7 nitrogen and oxygen atoms in total. The van der Waals surface area contributed by atoms with E-state index in [1.54, 1.807) is 11.0 Å². The maximum atomic E-state index is 13.4. The zero-order chi connectivity index (χ0) is 24.6. The summed E-state index contributed by atoms with van der Waals surface area (Å²) in [5.41, 5.74) is 4.85. The van der Waals surface area contributed by atoms with Gasteiger partial charge in [-0.3, -0.25) is 9.59 Å². The van der Waals surface area contributed by atoms with Gasteiger partial charge in [0.2, 0.25) is 0 Å². The number of nitrogens with zero attached hydrogens (tertiary/aromatic N) is 2. The van der Waals surface area contributed by atoms with Crippen molar-refractivity contribution in [3.05, 3.63) is 96.3 Å². The monoisotopic (exact) mass is 478 g/mol. The highest BCUT2D eigenvalue weighted by molar-refractivity contribution is 6.08. The number of nitrogens with one attached hydrogen (secondary N) is 2. The number of aliphatic hydroxyl groups is 1. The maximum Gasteiger partial charge on any atom is 0.258 e. The number of aromatic amines is 1. The van der Waals surface area contributed by atoms with Crippen molar-refractivity contribution in [3.63, 3.8) is 0 Å². The van der Waals surface area contributed by atoms with Crippen molar-refractivity contribution in [2.45, 2.75) is 18.9 Å². The number of rotatable bonds is 7. The van der Waals surface area contributed by atoms with Gasteiger partial charge >= 0.3 is 0 Å².